The third kappa shape index (κ3) is 3.87. The molecule has 2 aromatic rings. The SMILES string of the molecule is CCc1ccccc1NN1C(=O)C(C(CC)C(=O)OC(N)=O)c2cccc(CC)c21. The van der Waals surface area contributed by atoms with Crippen molar-refractivity contribution in [1.82, 2.24) is 0 Å². The zero-order chi connectivity index (χ0) is 21.8. The van der Waals surface area contributed by atoms with Gasteiger partial charge in [0.1, 0.15) is 0 Å². The fourth-order valence-corrected chi connectivity index (χ4v) is 4.07. The number of ether oxygens (including phenoxy) is 1. The number of amides is 2. The minimum atomic E-state index is -1.17. The second-order valence-corrected chi connectivity index (χ2v) is 7.24. The van der Waals surface area contributed by atoms with Gasteiger partial charge in [-0.05, 0) is 42.0 Å². The van der Waals surface area contributed by atoms with Crippen molar-refractivity contribution in [3.8, 4) is 0 Å². The number of aryl methyl sites for hydroxylation is 2. The van der Waals surface area contributed by atoms with E-state index in [1.807, 2.05) is 56.3 Å². The number of hydrogen-bond acceptors (Lipinski definition) is 5. The van der Waals surface area contributed by atoms with E-state index < -0.39 is 23.9 Å². The summed E-state index contributed by atoms with van der Waals surface area (Å²) in [6, 6.07) is 13.5. The van der Waals surface area contributed by atoms with E-state index in [4.69, 9.17) is 5.73 Å². The van der Waals surface area contributed by atoms with Crippen LogP contribution in [0.5, 0.6) is 0 Å². The molecular weight excluding hydrogens is 382 g/mol. The maximum absolute atomic E-state index is 13.6. The highest BCUT2D eigenvalue weighted by Gasteiger charge is 2.46. The van der Waals surface area contributed by atoms with Crippen LogP contribution in [0.25, 0.3) is 0 Å². The molecule has 0 fully saturated rings. The second-order valence-electron chi connectivity index (χ2n) is 7.24. The number of anilines is 2. The lowest BCUT2D eigenvalue weighted by Crippen LogP contribution is -2.39. The Hall–Kier alpha value is -3.35. The molecule has 2 aromatic carbocycles. The van der Waals surface area contributed by atoms with Crippen molar-refractivity contribution in [2.75, 3.05) is 10.4 Å². The Bertz CT molecular complexity index is 973. The summed E-state index contributed by atoms with van der Waals surface area (Å²) in [6.07, 6.45) is 0.689. The van der Waals surface area contributed by atoms with Crippen molar-refractivity contribution in [3.05, 3.63) is 59.2 Å². The van der Waals surface area contributed by atoms with Crippen LogP contribution in [0.15, 0.2) is 42.5 Å². The molecule has 1 aliphatic rings. The largest absolute Gasteiger partial charge is 0.412 e. The van der Waals surface area contributed by atoms with E-state index in [1.54, 1.807) is 6.92 Å². The molecule has 1 heterocycles. The van der Waals surface area contributed by atoms with Crippen LogP contribution in [0.1, 0.15) is 49.8 Å². The molecule has 0 radical (unpaired) electrons. The van der Waals surface area contributed by atoms with Crippen molar-refractivity contribution in [2.45, 2.75) is 46.0 Å². The number of benzene rings is 2. The van der Waals surface area contributed by atoms with Crippen molar-refractivity contribution >= 4 is 29.3 Å². The van der Waals surface area contributed by atoms with E-state index in [2.05, 4.69) is 10.2 Å². The number of rotatable bonds is 7. The summed E-state index contributed by atoms with van der Waals surface area (Å²) in [7, 11) is 0. The lowest BCUT2D eigenvalue weighted by atomic mass is 9.84. The van der Waals surface area contributed by atoms with Gasteiger partial charge < -0.3 is 10.5 Å². The predicted octanol–water partition coefficient (Wildman–Crippen LogP) is 3.92. The lowest BCUT2D eigenvalue weighted by Gasteiger charge is -2.24. The number of primary amides is 1. The van der Waals surface area contributed by atoms with Gasteiger partial charge in [0.15, 0.2) is 0 Å². The van der Waals surface area contributed by atoms with Crippen LogP contribution in [0.3, 0.4) is 0 Å². The molecule has 0 aromatic heterocycles. The standard InChI is InChI=1S/C23H27N3O4/c1-4-14-10-7-8-13-18(14)25-26-20-15(5-2)11-9-12-17(20)19(21(26)27)16(6-3)22(28)30-23(24)29/h7-13,16,19,25H,4-6H2,1-3H3,(H2,24,29). The minimum Gasteiger partial charge on any atom is -0.376 e. The molecular formula is C23H27N3O4. The van der Waals surface area contributed by atoms with E-state index in [-0.39, 0.29) is 5.91 Å². The number of fused-ring (bicyclic) bond motifs is 1. The summed E-state index contributed by atoms with van der Waals surface area (Å²) < 4.78 is 4.63. The Morgan fingerprint density at radius 2 is 1.73 bits per heavy atom. The summed E-state index contributed by atoms with van der Waals surface area (Å²) in [5.41, 5.74) is 12.7. The van der Waals surface area contributed by atoms with Crippen LogP contribution in [-0.4, -0.2) is 18.0 Å². The second kappa shape index (κ2) is 8.98. The monoisotopic (exact) mass is 409 g/mol. The molecule has 2 atom stereocenters. The Morgan fingerprint density at radius 1 is 1.07 bits per heavy atom. The minimum absolute atomic E-state index is 0.259. The molecule has 0 spiro atoms. The first-order valence-electron chi connectivity index (χ1n) is 10.2. The number of nitrogens with one attached hydrogen (secondary N) is 1. The number of carbonyl (C=O) groups is 3. The van der Waals surface area contributed by atoms with Gasteiger partial charge >= 0.3 is 12.1 Å². The molecule has 0 saturated heterocycles. The number of esters is 1. The summed E-state index contributed by atoms with van der Waals surface area (Å²) in [4.78, 5) is 37.2. The number of carbonyl (C=O) groups excluding carboxylic acids is 3. The average Bonchev–Trinajstić information content (AvgIpc) is 3.00. The Labute approximate surface area is 176 Å². The summed E-state index contributed by atoms with van der Waals surface area (Å²) >= 11 is 0. The molecule has 0 saturated carbocycles. The number of nitrogens with zero attached hydrogens (tertiary/aromatic N) is 1. The predicted molar refractivity (Wildman–Crippen MR) is 115 cm³/mol. The highest BCUT2D eigenvalue weighted by atomic mass is 16.6. The first kappa shape index (κ1) is 21.4. The van der Waals surface area contributed by atoms with Gasteiger partial charge in [0.25, 0.3) is 5.91 Å². The van der Waals surface area contributed by atoms with Gasteiger partial charge in [0.2, 0.25) is 0 Å². The maximum Gasteiger partial charge on any atom is 0.412 e. The normalized spacial score (nSPS) is 16.2. The molecule has 0 aliphatic carbocycles. The summed E-state index contributed by atoms with van der Waals surface area (Å²) in [5, 5.41) is 1.54. The van der Waals surface area contributed by atoms with E-state index in [0.29, 0.717) is 6.42 Å². The highest BCUT2D eigenvalue weighted by molar-refractivity contribution is 6.09. The van der Waals surface area contributed by atoms with Gasteiger partial charge in [-0.15, -0.1) is 0 Å². The molecule has 158 valence electrons. The summed E-state index contributed by atoms with van der Waals surface area (Å²) in [6.45, 7) is 5.85. The molecule has 2 amide bonds. The van der Waals surface area contributed by atoms with Crippen LogP contribution >= 0.6 is 0 Å². The molecule has 3 rings (SSSR count). The van der Waals surface area contributed by atoms with Crippen LogP contribution in [-0.2, 0) is 27.2 Å². The fraction of sp³-hybridized carbons (Fsp3) is 0.348. The molecule has 3 N–H and O–H groups in total. The van der Waals surface area contributed by atoms with E-state index in [9.17, 15) is 14.4 Å². The van der Waals surface area contributed by atoms with Crippen LogP contribution in [0.4, 0.5) is 16.2 Å². The average molecular weight is 409 g/mol. The van der Waals surface area contributed by atoms with Gasteiger partial charge in [0, 0.05) is 0 Å². The zero-order valence-electron chi connectivity index (χ0n) is 17.5. The first-order valence-corrected chi connectivity index (χ1v) is 10.2. The molecule has 30 heavy (non-hydrogen) atoms. The lowest BCUT2D eigenvalue weighted by molar-refractivity contribution is -0.144. The molecule has 7 heteroatoms. The van der Waals surface area contributed by atoms with E-state index in [1.165, 1.54) is 5.01 Å². The Balaban J connectivity index is 2.07. The highest BCUT2D eigenvalue weighted by Crippen LogP contribution is 2.45. The van der Waals surface area contributed by atoms with Gasteiger partial charge in [-0.2, -0.15) is 0 Å². The molecule has 2 unspecified atom stereocenters. The van der Waals surface area contributed by atoms with Gasteiger partial charge in [-0.25, -0.2) is 9.80 Å². The number of hydrazine groups is 1. The Morgan fingerprint density at radius 3 is 2.37 bits per heavy atom. The van der Waals surface area contributed by atoms with Gasteiger partial charge in [-0.3, -0.25) is 15.0 Å². The third-order valence-corrected chi connectivity index (χ3v) is 5.55. The topological polar surface area (TPSA) is 102 Å². The van der Waals surface area contributed by atoms with Crippen molar-refractivity contribution in [1.29, 1.82) is 0 Å². The van der Waals surface area contributed by atoms with Crippen molar-refractivity contribution < 1.29 is 19.1 Å². The maximum atomic E-state index is 13.6. The fourth-order valence-electron chi connectivity index (χ4n) is 4.07. The zero-order valence-corrected chi connectivity index (χ0v) is 17.5. The van der Waals surface area contributed by atoms with Crippen LogP contribution in [0, 0.1) is 5.92 Å². The van der Waals surface area contributed by atoms with Gasteiger partial charge in [0.05, 0.1) is 23.2 Å². The quantitative estimate of drug-likeness (QED) is 0.533. The molecule has 1 aliphatic heterocycles. The van der Waals surface area contributed by atoms with Crippen molar-refractivity contribution in [3.63, 3.8) is 0 Å². The van der Waals surface area contributed by atoms with E-state index in [0.717, 1.165) is 40.9 Å². The van der Waals surface area contributed by atoms with Gasteiger partial charge in [-0.1, -0.05) is 57.2 Å². The first-order chi connectivity index (χ1) is 14.4. The van der Waals surface area contributed by atoms with Crippen LogP contribution < -0.4 is 16.2 Å². The number of nitrogens with two attached hydrogens (primary N) is 1. The Kier molecular flexibility index (Phi) is 6.40. The van der Waals surface area contributed by atoms with Crippen molar-refractivity contribution in [2.24, 2.45) is 11.7 Å². The number of hydrogen-bond donors (Lipinski definition) is 2. The third-order valence-electron chi connectivity index (χ3n) is 5.55. The van der Waals surface area contributed by atoms with Crippen LogP contribution in [0.2, 0.25) is 0 Å². The smallest absolute Gasteiger partial charge is 0.376 e. The number of para-hydroxylation sites is 2. The molecule has 7 nitrogen and oxygen atoms in total. The van der Waals surface area contributed by atoms with E-state index >= 15 is 0 Å². The molecule has 0 bridgehead atoms. The summed E-state index contributed by atoms with van der Waals surface area (Å²) in [5.74, 6) is -2.62.